The molecule has 4 N–H and O–H groups in total. The molecule has 0 unspecified atom stereocenters. The van der Waals surface area contributed by atoms with E-state index in [9.17, 15) is 21.9 Å². The summed E-state index contributed by atoms with van der Waals surface area (Å²) in [6, 6.07) is 9.62. The fraction of sp³-hybridized carbons (Fsp3) is 0.520. The van der Waals surface area contributed by atoms with Crippen molar-refractivity contribution in [2.75, 3.05) is 39.8 Å². The number of ether oxygens (including phenoxy) is 4. The summed E-state index contributed by atoms with van der Waals surface area (Å²) in [5.41, 5.74) is 5.79. The number of rotatable bonds is 6. The predicted molar refractivity (Wildman–Crippen MR) is 150 cm³/mol. The number of nitrogens with two attached hydrogens (primary N) is 1. The molecule has 2 aromatic carbocycles. The van der Waals surface area contributed by atoms with Gasteiger partial charge in [-0.3, -0.25) is 0 Å². The summed E-state index contributed by atoms with van der Waals surface area (Å²) in [6.45, 7) is 3.72. The molecular formula is C25H35BN4O9S2. The number of hydrogen-bond acceptors (Lipinski definition) is 11. The van der Waals surface area contributed by atoms with E-state index in [0.29, 0.717) is 74.9 Å². The van der Waals surface area contributed by atoms with Gasteiger partial charge in [0.2, 0.25) is 33.6 Å². The van der Waals surface area contributed by atoms with Gasteiger partial charge in [0.1, 0.15) is 0 Å². The van der Waals surface area contributed by atoms with Crippen LogP contribution in [0.3, 0.4) is 0 Å². The maximum Gasteiger partial charge on any atom is 0.373 e. The van der Waals surface area contributed by atoms with Gasteiger partial charge in [0.05, 0.1) is 9.79 Å². The predicted octanol–water partition coefficient (Wildman–Crippen LogP) is 0.795. The van der Waals surface area contributed by atoms with Crippen LogP contribution in [0.1, 0.15) is 25.7 Å². The molecule has 4 aliphatic rings. The first-order valence-corrected chi connectivity index (χ1v) is 16.4. The van der Waals surface area contributed by atoms with Crippen molar-refractivity contribution in [1.82, 2.24) is 13.8 Å². The second kappa shape index (κ2) is 12.3. The van der Waals surface area contributed by atoms with E-state index in [-0.39, 0.29) is 35.5 Å². The fourth-order valence-corrected chi connectivity index (χ4v) is 8.06. The summed E-state index contributed by atoms with van der Waals surface area (Å²) in [6.07, 6.45) is 2.75. The third kappa shape index (κ3) is 6.74. The number of fused-ring (bicyclic) bond motifs is 2. The summed E-state index contributed by atoms with van der Waals surface area (Å²) in [5, 5.41) is 12.4. The molecule has 0 bridgehead atoms. The highest BCUT2D eigenvalue weighted by Crippen LogP contribution is 2.36. The van der Waals surface area contributed by atoms with Crippen LogP contribution in [0, 0.1) is 0 Å². The third-order valence-electron chi connectivity index (χ3n) is 7.39. The quantitative estimate of drug-likeness (QED) is 0.396. The molecule has 224 valence electrons. The normalized spacial score (nSPS) is 20.0. The molecule has 0 aromatic heterocycles. The van der Waals surface area contributed by atoms with E-state index < -0.39 is 27.1 Å². The molecule has 2 aromatic rings. The zero-order chi connectivity index (χ0) is 29.2. The van der Waals surface area contributed by atoms with Gasteiger partial charge >= 0.3 is 7.05 Å². The monoisotopic (exact) mass is 610 g/mol. The molecule has 2 fully saturated rings. The Bertz CT molecular complexity index is 1440. The molecule has 4 aliphatic heterocycles. The van der Waals surface area contributed by atoms with Crippen LogP contribution in [0.5, 0.6) is 23.0 Å². The molecule has 2 saturated heterocycles. The van der Waals surface area contributed by atoms with E-state index >= 15 is 0 Å². The Morgan fingerprint density at radius 2 is 1.17 bits per heavy atom. The Morgan fingerprint density at radius 3 is 1.61 bits per heavy atom. The van der Waals surface area contributed by atoms with Gasteiger partial charge in [-0.15, -0.1) is 0 Å². The molecule has 0 atom stereocenters. The smallest absolute Gasteiger partial charge is 0.373 e. The SMILES string of the molecule is CB(O)NC1CCN(S(=O)(=O)c2ccc3c(c2)OCO3)CC1.NC1CCN(S(=O)(=O)c2ccc3c(c2)OCO3)CC1. The number of nitrogens with zero attached hydrogens (tertiary/aromatic N) is 2. The van der Waals surface area contributed by atoms with Crippen molar-refractivity contribution in [3.05, 3.63) is 36.4 Å². The van der Waals surface area contributed by atoms with Gasteiger partial charge in [-0.2, -0.15) is 8.61 Å². The highest BCUT2D eigenvalue weighted by molar-refractivity contribution is 7.89. The second-order valence-corrected chi connectivity index (χ2v) is 14.2. The van der Waals surface area contributed by atoms with Crippen molar-refractivity contribution in [3.63, 3.8) is 0 Å². The third-order valence-corrected chi connectivity index (χ3v) is 11.2. The van der Waals surface area contributed by atoms with E-state index in [4.69, 9.17) is 24.7 Å². The van der Waals surface area contributed by atoms with Crippen molar-refractivity contribution >= 4 is 27.1 Å². The van der Waals surface area contributed by atoms with Gasteiger partial charge in [0.25, 0.3) is 0 Å². The molecule has 0 radical (unpaired) electrons. The lowest BCUT2D eigenvalue weighted by Crippen LogP contribution is -2.48. The van der Waals surface area contributed by atoms with Gasteiger partial charge in [-0.25, -0.2) is 16.8 Å². The van der Waals surface area contributed by atoms with Crippen molar-refractivity contribution in [1.29, 1.82) is 0 Å². The van der Waals surface area contributed by atoms with Crippen LogP contribution in [-0.4, -0.2) is 89.4 Å². The van der Waals surface area contributed by atoms with Crippen LogP contribution in [0.4, 0.5) is 0 Å². The topological polar surface area (TPSA) is 170 Å². The molecule has 0 saturated carbocycles. The van der Waals surface area contributed by atoms with Crippen LogP contribution in [0.25, 0.3) is 0 Å². The lowest BCUT2D eigenvalue weighted by Gasteiger charge is -2.32. The summed E-state index contributed by atoms with van der Waals surface area (Å²) < 4.78 is 74.1. The van der Waals surface area contributed by atoms with Gasteiger partial charge in [-0.1, -0.05) is 0 Å². The average molecular weight is 611 g/mol. The highest BCUT2D eigenvalue weighted by atomic mass is 32.2. The highest BCUT2D eigenvalue weighted by Gasteiger charge is 2.32. The maximum absolute atomic E-state index is 12.7. The lowest BCUT2D eigenvalue weighted by molar-refractivity contribution is 0.173. The van der Waals surface area contributed by atoms with Crippen LogP contribution in [0.15, 0.2) is 46.2 Å². The number of piperidine rings is 2. The van der Waals surface area contributed by atoms with Crippen molar-refractivity contribution in [2.24, 2.45) is 5.73 Å². The largest absolute Gasteiger partial charge is 0.454 e. The molecule has 16 heteroatoms. The minimum atomic E-state index is -3.53. The number of benzene rings is 2. The van der Waals surface area contributed by atoms with Crippen LogP contribution in [0.2, 0.25) is 6.82 Å². The summed E-state index contributed by atoms with van der Waals surface area (Å²) in [4.78, 5) is 0.464. The fourth-order valence-electron chi connectivity index (χ4n) is 5.09. The first kappa shape index (κ1) is 29.9. The van der Waals surface area contributed by atoms with Gasteiger partial charge < -0.3 is 34.9 Å². The average Bonchev–Trinajstić information content (AvgIpc) is 3.62. The standard InChI is InChI=1S/C13H19BN2O5S.C12H16N2O4S/c1-14(17)15-10-4-6-16(7-5-10)22(18,19)11-2-3-12-13(8-11)21-9-20-12;13-9-3-5-14(6-4-9)19(15,16)10-1-2-11-12(7-10)18-8-17-11/h2-3,8,10,15,17H,4-7,9H2,1H3;1-2,7,9H,3-6,8,13H2. The molecule has 0 aliphatic carbocycles. The maximum atomic E-state index is 12.7. The van der Waals surface area contributed by atoms with Crippen LogP contribution < -0.4 is 29.9 Å². The van der Waals surface area contributed by atoms with E-state index in [2.05, 4.69) is 5.23 Å². The molecule has 0 amide bonds. The van der Waals surface area contributed by atoms with Crippen LogP contribution in [-0.2, 0) is 20.0 Å². The Labute approximate surface area is 240 Å². The van der Waals surface area contributed by atoms with Crippen LogP contribution >= 0.6 is 0 Å². The van der Waals surface area contributed by atoms with E-state index in [1.807, 2.05) is 0 Å². The van der Waals surface area contributed by atoms with Crippen molar-refractivity contribution in [2.45, 2.75) is 54.4 Å². The molecule has 4 heterocycles. The van der Waals surface area contributed by atoms with Gasteiger partial charge in [-0.05, 0) is 56.8 Å². The van der Waals surface area contributed by atoms with Gasteiger partial charge in [0.15, 0.2) is 23.0 Å². The van der Waals surface area contributed by atoms with Gasteiger partial charge in [0, 0.05) is 50.4 Å². The molecule has 41 heavy (non-hydrogen) atoms. The molecular weight excluding hydrogens is 575 g/mol. The zero-order valence-corrected chi connectivity index (χ0v) is 24.4. The second-order valence-electron chi connectivity index (χ2n) is 10.3. The Balaban J connectivity index is 0.000000166. The van der Waals surface area contributed by atoms with E-state index in [0.717, 1.165) is 0 Å². The lowest BCUT2D eigenvalue weighted by atomic mass is 9.85. The number of sulfonamides is 2. The molecule has 6 rings (SSSR count). The first-order valence-electron chi connectivity index (χ1n) is 13.5. The summed E-state index contributed by atoms with van der Waals surface area (Å²) in [7, 11) is -7.57. The zero-order valence-electron chi connectivity index (χ0n) is 22.8. The number of hydrogen-bond donors (Lipinski definition) is 3. The van der Waals surface area contributed by atoms with E-state index in [1.165, 1.54) is 20.7 Å². The Hall–Kier alpha value is -2.60. The van der Waals surface area contributed by atoms with Crippen molar-refractivity contribution in [3.8, 4) is 23.0 Å². The van der Waals surface area contributed by atoms with Crippen molar-refractivity contribution < 1.29 is 40.8 Å². The first-order chi connectivity index (χ1) is 19.5. The Kier molecular flexibility index (Phi) is 8.99. The summed E-state index contributed by atoms with van der Waals surface area (Å²) >= 11 is 0. The van der Waals surface area contributed by atoms with E-state index in [1.54, 1.807) is 31.1 Å². The summed E-state index contributed by atoms with van der Waals surface area (Å²) in [5.74, 6) is 2.10. The molecule has 13 nitrogen and oxygen atoms in total. The minimum absolute atomic E-state index is 0.100. The minimum Gasteiger partial charge on any atom is -0.454 e. The Morgan fingerprint density at radius 1 is 0.756 bits per heavy atom. The number of nitrogens with one attached hydrogen (secondary N) is 1. The molecule has 0 spiro atoms.